The summed E-state index contributed by atoms with van der Waals surface area (Å²) in [5, 5.41) is 9.94. The lowest BCUT2D eigenvalue weighted by Crippen LogP contribution is -2.35. The van der Waals surface area contributed by atoms with Crippen LogP contribution in [-0.2, 0) is 11.3 Å². The number of anilines is 1. The number of unbranched alkanes of at least 4 members (excludes halogenated alkanes) is 10. The molecule has 0 spiro atoms. The van der Waals surface area contributed by atoms with Crippen molar-refractivity contribution in [2.45, 2.75) is 130 Å². The molecular weight excluding hydrogens is 549 g/mol. The molecule has 2 fully saturated rings. The molecule has 3 rings (SSSR count). The van der Waals surface area contributed by atoms with Crippen molar-refractivity contribution in [3.63, 3.8) is 0 Å². The highest BCUT2D eigenvalue weighted by Gasteiger charge is 2.33. The highest BCUT2D eigenvalue weighted by atomic mass is 32.2. The van der Waals surface area contributed by atoms with Gasteiger partial charge in [0.2, 0.25) is 0 Å². The second-order valence-corrected chi connectivity index (χ2v) is 13.3. The number of hydrogen-bond donors (Lipinski definition) is 0. The molecule has 3 heterocycles. The quantitative estimate of drug-likeness (QED) is 0.108. The van der Waals surface area contributed by atoms with Crippen molar-refractivity contribution in [3.05, 3.63) is 31.9 Å². The molecule has 1 aromatic heterocycles. The minimum atomic E-state index is -0.219. The van der Waals surface area contributed by atoms with Gasteiger partial charge in [0.05, 0.1) is 4.91 Å². The maximum absolute atomic E-state index is 13.5. The fourth-order valence-electron chi connectivity index (χ4n) is 5.87. The molecule has 6 nitrogen and oxygen atoms in total. The predicted molar refractivity (Wildman–Crippen MR) is 177 cm³/mol. The van der Waals surface area contributed by atoms with Crippen LogP contribution in [0.1, 0.15) is 133 Å². The van der Waals surface area contributed by atoms with Gasteiger partial charge in [0.15, 0.2) is 0 Å². The number of thiocarbonyl (C=S) groups is 1. The summed E-state index contributed by atoms with van der Waals surface area (Å²) in [5.74, 6) is 0.809. The van der Waals surface area contributed by atoms with Gasteiger partial charge in [-0.15, -0.1) is 0 Å². The van der Waals surface area contributed by atoms with Crippen LogP contribution in [0.15, 0.2) is 9.70 Å². The molecule has 41 heavy (non-hydrogen) atoms. The van der Waals surface area contributed by atoms with Crippen LogP contribution in [0, 0.1) is 18.3 Å². The predicted octanol–water partition coefficient (Wildman–Crippen LogP) is 8.33. The molecule has 2 aliphatic heterocycles. The van der Waals surface area contributed by atoms with Crippen LogP contribution in [0.2, 0.25) is 0 Å². The Morgan fingerprint density at radius 2 is 1.44 bits per heavy atom. The van der Waals surface area contributed by atoms with E-state index in [1.807, 2.05) is 13.0 Å². The average Bonchev–Trinajstić information content (AvgIpc) is 3.12. The smallest absolute Gasteiger partial charge is 0.270 e. The van der Waals surface area contributed by atoms with E-state index in [-0.39, 0.29) is 17.0 Å². The zero-order valence-electron chi connectivity index (χ0n) is 25.6. The highest BCUT2D eigenvalue weighted by molar-refractivity contribution is 8.26. The van der Waals surface area contributed by atoms with Crippen molar-refractivity contribution < 1.29 is 4.79 Å². The van der Waals surface area contributed by atoms with E-state index in [9.17, 15) is 14.9 Å². The van der Waals surface area contributed by atoms with E-state index in [0.29, 0.717) is 27.9 Å². The van der Waals surface area contributed by atoms with Gasteiger partial charge in [0.1, 0.15) is 21.8 Å². The summed E-state index contributed by atoms with van der Waals surface area (Å²) in [6, 6.07) is 2.17. The largest absolute Gasteiger partial charge is 0.357 e. The number of thioether (sulfide) groups is 1. The fraction of sp³-hybridized carbons (Fsp3) is 0.697. The number of carbonyl (C=O) groups excluding carboxylic acids is 1. The van der Waals surface area contributed by atoms with Crippen LogP contribution in [0.4, 0.5) is 5.82 Å². The Hall–Kier alpha value is -2.11. The molecule has 0 bridgehead atoms. The summed E-state index contributed by atoms with van der Waals surface area (Å²) in [6.07, 6.45) is 20.7. The Morgan fingerprint density at radius 1 is 0.854 bits per heavy atom. The molecule has 1 amide bonds. The summed E-state index contributed by atoms with van der Waals surface area (Å²) in [4.78, 5) is 31.7. The van der Waals surface area contributed by atoms with Crippen molar-refractivity contribution in [2.24, 2.45) is 0 Å². The maximum atomic E-state index is 13.5. The Kier molecular flexibility index (Phi) is 14.5. The first-order valence-corrected chi connectivity index (χ1v) is 17.3. The number of amides is 1. The number of nitriles is 1. The maximum Gasteiger partial charge on any atom is 0.270 e. The third kappa shape index (κ3) is 9.19. The summed E-state index contributed by atoms with van der Waals surface area (Å²) in [6.45, 7) is 9.17. The van der Waals surface area contributed by atoms with Gasteiger partial charge < -0.3 is 4.90 Å². The Labute approximate surface area is 257 Å². The van der Waals surface area contributed by atoms with Crippen molar-refractivity contribution in [3.8, 4) is 6.07 Å². The van der Waals surface area contributed by atoms with Crippen molar-refractivity contribution in [1.82, 2.24) is 9.47 Å². The minimum absolute atomic E-state index is 0.0537. The van der Waals surface area contributed by atoms with Gasteiger partial charge in [-0.3, -0.25) is 19.1 Å². The fourth-order valence-corrected chi connectivity index (χ4v) is 7.16. The highest BCUT2D eigenvalue weighted by Crippen LogP contribution is 2.36. The van der Waals surface area contributed by atoms with E-state index in [1.54, 1.807) is 9.47 Å². The number of hydrogen-bond acceptors (Lipinski definition) is 6. The minimum Gasteiger partial charge on any atom is -0.357 e. The van der Waals surface area contributed by atoms with E-state index in [1.165, 1.54) is 76.0 Å². The molecular formula is C33H50N4O2S2. The topological polar surface area (TPSA) is 69.3 Å². The molecule has 8 heteroatoms. The lowest BCUT2D eigenvalue weighted by Gasteiger charge is -2.29. The first-order valence-electron chi connectivity index (χ1n) is 16.1. The van der Waals surface area contributed by atoms with E-state index >= 15 is 0 Å². The lowest BCUT2D eigenvalue weighted by molar-refractivity contribution is -0.122. The second-order valence-electron chi connectivity index (χ2n) is 11.6. The molecule has 2 saturated heterocycles. The first kappa shape index (κ1) is 33.4. The van der Waals surface area contributed by atoms with Crippen molar-refractivity contribution in [1.29, 1.82) is 5.26 Å². The van der Waals surface area contributed by atoms with E-state index in [0.717, 1.165) is 63.0 Å². The van der Waals surface area contributed by atoms with Gasteiger partial charge in [-0.05, 0) is 44.2 Å². The van der Waals surface area contributed by atoms with Crippen LogP contribution in [-0.4, -0.2) is 39.3 Å². The van der Waals surface area contributed by atoms with E-state index in [4.69, 9.17) is 12.2 Å². The number of nitrogens with zero attached hydrogens (tertiary/aromatic N) is 4. The molecule has 0 saturated carbocycles. The van der Waals surface area contributed by atoms with Gasteiger partial charge in [-0.1, -0.05) is 115 Å². The molecule has 0 radical (unpaired) electrons. The van der Waals surface area contributed by atoms with Crippen molar-refractivity contribution in [2.75, 3.05) is 24.5 Å². The molecule has 0 unspecified atom stereocenters. The number of carbonyl (C=O) groups is 1. The third-order valence-corrected chi connectivity index (χ3v) is 9.75. The van der Waals surface area contributed by atoms with Gasteiger partial charge in [0, 0.05) is 31.7 Å². The first-order chi connectivity index (χ1) is 19.9. The van der Waals surface area contributed by atoms with Crippen LogP contribution in [0.3, 0.4) is 0 Å². The molecule has 226 valence electrons. The summed E-state index contributed by atoms with van der Waals surface area (Å²) < 4.78 is 2.41. The van der Waals surface area contributed by atoms with Gasteiger partial charge >= 0.3 is 0 Å². The van der Waals surface area contributed by atoms with Crippen molar-refractivity contribution >= 4 is 46.1 Å². The van der Waals surface area contributed by atoms with Crippen LogP contribution in [0.25, 0.3) is 6.08 Å². The van der Waals surface area contributed by atoms with Gasteiger partial charge in [-0.25, -0.2) is 0 Å². The summed E-state index contributed by atoms with van der Waals surface area (Å²) in [5.41, 5.74) is 1.43. The third-order valence-electron chi connectivity index (χ3n) is 8.37. The zero-order chi connectivity index (χ0) is 29.6. The van der Waals surface area contributed by atoms with Crippen LogP contribution in [0.5, 0.6) is 0 Å². The SMILES string of the molecule is CCCCCCCCCCCCN1C(=O)/C(=C/c2c(C)c(C#N)c(=O)n(CCCC)c2N2CCCCCC2)SC1=S. The lowest BCUT2D eigenvalue weighted by atomic mass is 10.0. The normalized spacial score (nSPS) is 17.0. The number of rotatable bonds is 16. The molecule has 0 aliphatic carbocycles. The standard InChI is InChI=1S/C33H50N4O2S2/c1-4-6-8-9-10-11-12-13-14-19-23-37-32(39)29(41-33(37)40)24-27-26(3)28(25-34)31(38)36(22-7-5-2)30(27)35-20-17-15-16-18-21-35/h24H,4-23H2,1-3H3/b29-24-. The molecule has 1 aromatic rings. The molecule has 0 atom stereocenters. The summed E-state index contributed by atoms with van der Waals surface area (Å²) in [7, 11) is 0. The number of aromatic nitrogens is 1. The van der Waals surface area contributed by atoms with Crippen LogP contribution >= 0.6 is 24.0 Å². The Morgan fingerprint density at radius 3 is 2.02 bits per heavy atom. The second kappa shape index (κ2) is 17.8. The summed E-state index contributed by atoms with van der Waals surface area (Å²) >= 11 is 7.00. The van der Waals surface area contributed by atoms with Gasteiger partial charge in [-0.2, -0.15) is 5.26 Å². The Balaban J connectivity index is 1.78. The molecule has 0 N–H and O–H groups in total. The van der Waals surface area contributed by atoms with Crippen LogP contribution < -0.4 is 10.5 Å². The number of pyridine rings is 1. The van der Waals surface area contributed by atoms with E-state index in [2.05, 4.69) is 24.8 Å². The monoisotopic (exact) mass is 598 g/mol. The zero-order valence-corrected chi connectivity index (χ0v) is 27.3. The Bertz CT molecular complexity index is 1160. The van der Waals surface area contributed by atoms with E-state index < -0.39 is 0 Å². The average molecular weight is 599 g/mol. The molecule has 0 aromatic carbocycles. The van der Waals surface area contributed by atoms with Gasteiger partial charge in [0.25, 0.3) is 11.5 Å². The molecule has 2 aliphatic rings.